The summed E-state index contributed by atoms with van der Waals surface area (Å²) in [6.45, 7) is 1.89. The molecule has 1 aliphatic heterocycles. The van der Waals surface area contributed by atoms with Crippen LogP contribution in [-0.2, 0) is 4.79 Å². The van der Waals surface area contributed by atoms with Crippen molar-refractivity contribution in [3.8, 4) is 11.0 Å². The second kappa shape index (κ2) is 9.41. The van der Waals surface area contributed by atoms with E-state index in [4.69, 9.17) is 11.6 Å². The molecule has 0 spiro atoms. The van der Waals surface area contributed by atoms with Gasteiger partial charge in [0.1, 0.15) is 11.5 Å². The van der Waals surface area contributed by atoms with E-state index in [1.54, 1.807) is 43.5 Å². The maximum absolute atomic E-state index is 12.4. The van der Waals surface area contributed by atoms with Gasteiger partial charge in [-0.25, -0.2) is 9.55 Å². The molecule has 2 N–H and O–H groups in total. The van der Waals surface area contributed by atoms with E-state index in [1.807, 2.05) is 24.3 Å². The zero-order chi connectivity index (χ0) is 23.7. The Labute approximate surface area is 208 Å². The number of thioether (sulfide) groups is 1. The molecule has 8 nitrogen and oxygen atoms in total. The Morgan fingerprint density at radius 1 is 1.21 bits per heavy atom. The fraction of sp³-hybridized carbons (Fsp3) is 0.0870. The van der Waals surface area contributed by atoms with E-state index in [1.165, 1.54) is 15.9 Å². The number of nitrogens with zero attached hydrogens (tertiary/aromatic N) is 5. The lowest BCUT2D eigenvalue weighted by Gasteiger charge is -2.04. The molecule has 0 saturated heterocycles. The molecule has 0 radical (unpaired) electrons. The number of hydrogen-bond acceptors (Lipinski definition) is 9. The highest BCUT2D eigenvalue weighted by Gasteiger charge is 2.20. The average Bonchev–Trinajstić information content (AvgIpc) is 3.52. The number of allylic oxidation sites excluding steroid dienone is 1. The van der Waals surface area contributed by atoms with Crippen molar-refractivity contribution < 1.29 is 9.90 Å². The van der Waals surface area contributed by atoms with E-state index in [2.05, 4.69) is 25.5 Å². The van der Waals surface area contributed by atoms with Crippen molar-refractivity contribution in [1.82, 2.24) is 19.7 Å². The number of carbonyl (C=O) groups excluding carboxylic acids is 1. The summed E-state index contributed by atoms with van der Waals surface area (Å²) in [5.74, 6) is 0.502. The lowest BCUT2D eigenvalue weighted by atomic mass is 10.1. The Hall–Kier alpha value is -3.47. The monoisotopic (exact) mass is 508 g/mol. The van der Waals surface area contributed by atoms with E-state index in [0.717, 1.165) is 34.3 Å². The lowest BCUT2D eigenvalue weighted by molar-refractivity contribution is -0.109. The topological polar surface area (TPSA) is 105 Å². The van der Waals surface area contributed by atoms with Gasteiger partial charge in [0, 0.05) is 28.1 Å². The third-order valence-corrected chi connectivity index (χ3v) is 7.05. The summed E-state index contributed by atoms with van der Waals surface area (Å²) in [4.78, 5) is 21.2. The van der Waals surface area contributed by atoms with E-state index < -0.39 is 0 Å². The Balaban J connectivity index is 1.30. The van der Waals surface area contributed by atoms with Gasteiger partial charge in [0.25, 0.3) is 0 Å². The number of halogens is 1. The smallest absolute Gasteiger partial charge is 0.225 e. The summed E-state index contributed by atoms with van der Waals surface area (Å²) < 4.78 is 1.99. The van der Waals surface area contributed by atoms with Crippen LogP contribution < -0.4 is 5.32 Å². The van der Waals surface area contributed by atoms with Crippen molar-refractivity contribution >= 4 is 69.1 Å². The summed E-state index contributed by atoms with van der Waals surface area (Å²) in [7, 11) is 0. The number of rotatable bonds is 6. The van der Waals surface area contributed by atoms with Crippen LogP contribution in [0.5, 0.6) is 5.88 Å². The van der Waals surface area contributed by atoms with E-state index in [0.29, 0.717) is 26.0 Å². The first-order valence-electron chi connectivity index (χ1n) is 10.2. The van der Waals surface area contributed by atoms with E-state index in [-0.39, 0.29) is 17.5 Å². The number of fused-ring (bicyclic) bond motifs is 1. The number of aryl methyl sites for hydroxylation is 1. The quantitative estimate of drug-likeness (QED) is 0.337. The van der Waals surface area contributed by atoms with Crippen molar-refractivity contribution in [1.29, 1.82) is 0 Å². The van der Waals surface area contributed by atoms with Gasteiger partial charge >= 0.3 is 0 Å². The molecule has 1 aliphatic rings. The van der Waals surface area contributed by atoms with Gasteiger partial charge in [0.15, 0.2) is 4.34 Å². The number of imidazole rings is 1. The molecule has 0 bridgehead atoms. The fourth-order valence-electron chi connectivity index (χ4n) is 3.38. The number of carbonyl (C=O) groups is 1. The number of aromatic nitrogens is 4. The van der Waals surface area contributed by atoms with Crippen LogP contribution in [0.4, 0.5) is 11.4 Å². The van der Waals surface area contributed by atoms with Gasteiger partial charge in [-0.2, -0.15) is 0 Å². The molecular weight excluding hydrogens is 492 g/mol. The maximum Gasteiger partial charge on any atom is 0.225 e. The van der Waals surface area contributed by atoms with E-state index in [9.17, 15) is 9.90 Å². The summed E-state index contributed by atoms with van der Waals surface area (Å²) in [6.07, 6.45) is 3.54. The third-order valence-electron chi connectivity index (χ3n) is 4.97. The van der Waals surface area contributed by atoms with Gasteiger partial charge in [-0.3, -0.25) is 9.79 Å². The summed E-state index contributed by atoms with van der Waals surface area (Å²) >= 11 is 8.07. The maximum atomic E-state index is 12.4. The van der Waals surface area contributed by atoms with Crippen LogP contribution in [0, 0.1) is 6.92 Å². The molecule has 0 saturated carbocycles. The molecule has 2 aromatic heterocycles. The normalized spacial score (nSPS) is 13.4. The minimum atomic E-state index is -0.117. The fourth-order valence-corrected chi connectivity index (χ4v) is 5.22. The van der Waals surface area contributed by atoms with Crippen molar-refractivity contribution in [2.75, 3.05) is 11.9 Å². The molecule has 0 fully saturated rings. The number of aromatic hydroxyl groups is 1. The lowest BCUT2D eigenvalue weighted by Crippen LogP contribution is -2.09. The standard InChI is InChI=1S/C23H17ClN6O2S2/c1-13-27-19(10-14-11-26-18-5-3-2-4-17(14)18)21(32)30(13)22-28-29-23(34-22)33-20(31)12-25-16-8-6-15(24)7-9-16/h2-11,25,32H,12H2,1H3/b14-10+. The Morgan fingerprint density at radius 3 is 2.82 bits per heavy atom. The van der Waals surface area contributed by atoms with Gasteiger partial charge in [0.05, 0.1) is 12.2 Å². The number of aliphatic imine (C=N–C) groups is 1. The third kappa shape index (κ3) is 4.60. The van der Waals surface area contributed by atoms with Gasteiger partial charge in [-0.15, -0.1) is 10.2 Å². The molecule has 0 aliphatic carbocycles. The number of para-hydroxylation sites is 1. The molecule has 4 aromatic rings. The second-order valence-corrected chi connectivity index (χ2v) is 9.96. The highest BCUT2D eigenvalue weighted by Crippen LogP contribution is 2.35. The molecule has 2 aromatic carbocycles. The predicted octanol–water partition coefficient (Wildman–Crippen LogP) is 5.38. The van der Waals surface area contributed by atoms with Crippen molar-refractivity contribution in [2.45, 2.75) is 11.3 Å². The summed E-state index contributed by atoms with van der Waals surface area (Å²) in [5.41, 5.74) is 3.93. The highest BCUT2D eigenvalue weighted by atomic mass is 35.5. The Kier molecular flexibility index (Phi) is 6.18. The summed E-state index contributed by atoms with van der Waals surface area (Å²) in [6, 6.07) is 14.9. The van der Waals surface area contributed by atoms with E-state index >= 15 is 0 Å². The van der Waals surface area contributed by atoms with Gasteiger partial charge < -0.3 is 10.4 Å². The molecule has 34 heavy (non-hydrogen) atoms. The zero-order valence-corrected chi connectivity index (χ0v) is 20.2. The number of anilines is 1. The molecule has 0 unspecified atom stereocenters. The first kappa shape index (κ1) is 22.3. The zero-order valence-electron chi connectivity index (χ0n) is 17.8. The van der Waals surface area contributed by atoms with Crippen LogP contribution in [0.15, 0.2) is 57.9 Å². The minimum absolute atomic E-state index is 0.0498. The predicted molar refractivity (Wildman–Crippen MR) is 137 cm³/mol. The van der Waals surface area contributed by atoms with Gasteiger partial charge in [0.2, 0.25) is 16.1 Å². The van der Waals surface area contributed by atoms with Crippen LogP contribution in [0.1, 0.15) is 17.1 Å². The van der Waals surface area contributed by atoms with Crippen molar-refractivity contribution in [3.05, 3.63) is 70.6 Å². The Morgan fingerprint density at radius 2 is 2.00 bits per heavy atom. The molecule has 11 heteroatoms. The molecular formula is C23H17ClN6O2S2. The summed E-state index contributed by atoms with van der Waals surface area (Å²) in [5, 5.41) is 23.1. The number of benzene rings is 2. The second-order valence-electron chi connectivity index (χ2n) is 7.26. The first-order valence-corrected chi connectivity index (χ1v) is 12.2. The van der Waals surface area contributed by atoms with Gasteiger partial charge in [-0.1, -0.05) is 41.1 Å². The highest BCUT2D eigenvalue weighted by molar-refractivity contribution is 8.15. The molecule has 5 rings (SSSR count). The first-order chi connectivity index (χ1) is 16.5. The molecule has 0 atom stereocenters. The van der Waals surface area contributed by atoms with Crippen LogP contribution in [0.2, 0.25) is 5.02 Å². The molecule has 3 heterocycles. The SMILES string of the molecule is Cc1nc(/C=C2\C=Nc3ccccc32)c(O)n1-c1nnc(SC(=O)CNc2ccc(Cl)cc2)s1. The molecule has 0 amide bonds. The average molecular weight is 509 g/mol. The number of nitrogens with one attached hydrogen (secondary N) is 1. The van der Waals surface area contributed by atoms with Crippen LogP contribution in [-0.4, -0.2) is 42.7 Å². The van der Waals surface area contributed by atoms with Crippen LogP contribution in [0.3, 0.4) is 0 Å². The minimum Gasteiger partial charge on any atom is -0.493 e. The van der Waals surface area contributed by atoms with Gasteiger partial charge in [-0.05, 0) is 55.1 Å². The van der Waals surface area contributed by atoms with Crippen LogP contribution in [0.25, 0.3) is 16.8 Å². The number of hydrogen-bond donors (Lipinski definition) is 2. The van der Waals surface area contributed by atoms with Crippen molar-refractivity contribution in [3.63, 3.8) is 0 Å². The van der Waals surface area contributed by atoms with Crippen molar-refractivity contribution in [2.24, 2.45) is 4.99 Å². The largest absolute Gasteiger partial charge is 0.493 e. The Bertz CT molecular complexity index is 1440. The van der Waals surface area contributed by atoms with Crippen LogP contribution >= 0.6 is 34.7 Å². The molecule has 170 valence electrons.